The van der Waals surface area contributed by atoms with Gasteiger partial charge in [-0.3, -0.25) is 9.55 Å². The van der Waals surface area contributed by atoms with Gasteiger partial charge in [-0.15, -0.1) is 0 Å². The molecule has 0 fully saturated rings. The Balaban J connectivity index is 1.61. The Labute approximate surface area is 321 Å². The molecule has 0 atom stereocenters. The molecular formula is C50H53N3O. The number of hydrogen-bond acceptors (Lipinski definition) is 3. The molecule has 0 bridgehead atoms. The van der Waals surface area contributed by atoms with E-state index < -0.39 is 0 Å². The van der Waals surface area contributed by atoms with E-state index in [2.05, 4.69) is 165 Å². The molecule has 0 aliphatic carbocycles. The number of para-hydroxylation sites is 2. The molecule has 0 aliphatic heterocycles. The lowest BCUT2D eigenvalue weighted by atomic mass is 9.83. The molecule has 2 heterocycles. The number of pyridine rings is 1. The molecule has 7 rings (SSSR count). The second-order valence-electron chi connectivity index (χ2n) is 17.3. The number of hydrogen-bond donors (Lipinski definition) is 1. The molecule has 4 nitrogen and oxygen atoms in total. The fourth-order valence-corrected chi connectivity index (χ4v) is 7.58. The fraction of sp³-hybridized carbons (Fsp3) is 0.280. The van der Waals surface area contributed by atoms with Gasteiger partial charge in [0.15, 0.2) is 0 Å². The zero-order chi connectivity index (χ0) is 38.5. The van der Waals surface area contributed by atoms with Crippen molar-refractivity contribution in [1.29, 1.82) is 0 Å². The molecule has 0 radical (unpaired) electrons. The summed E-state index contributed by atoms with van der Waals surface area (Å²) >= 11 is 0. The third-order valence-corrected chi connectivity index (χ3v) is 10.6. The van der Waals surface area contributed by atoms with Crippen molar-refractivity contribution in [1.82, 2.24) is 14.5 Å². The van der Waals surface area contributed by atoms with Gasteiger partial charge in [0.05, 0.1) is 28.0 Å². The summed E-state index contributed by atoms with van der Waals surface area (Å²) in [4.78, 5) is 10.3. The van der Waals surface area contributed by atoms with Crippen LogP contribution in [0.3, 0.4) is 0 Å². The summed E-state index contributed by atoms with van der Waals surface area (Å²) in [5.74, 6) is 1.43. The predicted octanol–water partition coefficient (Wildman–Crippen LogP) is 13.6. The molecule has 0 unspecified atom stereocenters. The normalized spacial score (nSPS) is 12.3. The Bertz CT molecular complexity index is 2430. The van der Waals surface area contributed by atoms with Crippen LogP contribution in [0, 0.1) is 0 Å². The third-order valence-electron chi connectivity index (χ3n) is 10.6. The van der Waals surface area contributed by atoms with Crippen molar-refractivity contribution < 1.29 is 5.11 Å². The molecule has 5 aromatic carbocycles. The summed E-state index contributed by atoms with van der Waals surface area (Å²) in [5.41, 5.74) is 14.5. The molecule has 54 heavy (non-hydrogen) atoms. The van der Waals surface area contributed by atoms with Crippen molar-refractivity contribution >= 4 is 11.0 Å². The minimum atomic E-state index is -0.263. The second-order valence-corrected chi connectivity index (χ2v) is 17.3. The van der Waals surface area contributed by atoms with E-state index in [4.69, 9.17) is 9.97 Å². The van der Waals surface area contributed by atoms with E-state index in [1.54, 1.807) is 0 Å². The first kappa shape index (κ1) is 36.9. The Kier molecular flexibility index (Phi) is 9.60. The number of nitrogens with zero attached hydrogens (tertiary/aromatic N) is 3. The molecule has 0 saturated heterocycles. The van der Waals surface area contributed by atoms with Gasteiger partial charge in [0.1, 0.15) is 11.6 Å². The van der Waals surface area contributed by atoms with Gasteiger partial charge < -0.3 is 5.11 Å². The maximum absolute atomic E-state index is 12.1. The van der Waals surface area contributed by atoms with Gasteiger partial charge in [0.25, 0.3) is 0 Å². The Morgan fingerprint density at radius 2 is 1.20 bits per heavy atom. The average molecular weight is 712 g/mol. The molecular weight excluding hydrogens is 659 g/mol. The van der Waals surface area contributed by atoms with Crippen molar-refractivity contribution in [3.63, 3.8) is 0 Å². The van der Waals surface area contributed by atoms with Crippen LogP contribution in [-0.4, -0.2) is 19.6 Å². The maximum atomic E-state index is 12.1. The van der Waals surface area contributed by atoms with E-state index in [0.717, 1.165) is 56.1 Å². The zero-order valence-corrected chi connectivity index (χ0v) is 33.5. The van der Waals surface area contributed by atoms with Crippen LogP contribution in [0.5, 0.6) is 5.75 Å². The number of fused-ring (bicyclic) bond motifs is 1. The molecule has 0 spiro atoms. The van der Waals surface area contributed by atoms with E-state index in [1.807, 2.05) is 30.5 Å². The molecule has 1 N–H and O–H groups in total. The van der Waals surface area contributed by atoms with Crippen LogP contribution in [0.1, 0.15) is 103 Å². The van der Waals surface area contributed by atoms with E-state index in [1.165, 1.54) is 27.8 Å². The van der Waals surface area contributed by atoms with Crippen LogP contribution in [0.25, 0.3) is 61.6 Å². The van der Waals surface area contributed by atoms with Crippen molar-refractivity contribution in [2.75, 3.05) is 0 Å². The van der Waals surface area contributed by atoms with Gasteiger partial charge >= 0.3 is 0 Å². The van der Waals surface area contributed by atoms with E-state index in [9.17, 15) is 5.11 Å². The molecule has 7 aromatic rings. The van der Waals surface area contributed by atoms with Gasteiger partial charge in [-0.25, -0.2) is 4.98 Å². The van der Waals surface area contributed by atoms with Gasteiger partial charge in [0, 0.05) is 17.3 Å². The summed E-state index contributed by atoms with van der Waals surface area (Å²) in [7, 11) is 0. The third kappa shape index (κ3) is 6.86. The van der Waals surface area contributed by atoms with Gasteiger partial charge in [-0.2, -0.15) is 0 Å². The minimum absolute atomic E-state index is 0.0873. The zero-order valence-electron chi connectivity index (χ0n) is 33.5. The lowest BCUT2D eigenvalue weighted by Crippen LogP contribution is -2.12. The first-order valence-electron chi connectivity index (χ1n) is 19.3. The number of benzene rings is 5. The second kappa shape index (κ2) is 14.1. The highest BCUT2D eigenvalue weighted by atomic mass is 16.3. The standard InChI is InChI=1S/C50H53N3O/c1-31(2)40-29-34(33-18-12-11-13-19-33)30-41(32(3)4)46(40)53-44-24-17-20-38(45(44)52-48(53)39-21-16-22-42(47(39)54)50(8,9)10)35-26-36(43-23-14-15-25-51-43)28-37(27-35)49(5,6)7/h11-32,54H,1-10H3. The van der Waals surface area contributed by atoms with Crippen LogP contribution in [0.4, 0.5) is 0 Å². The van der Waals surface area contributed by atoms with Crippen LogP contribution >= 0.6 is 0 Å². The number of rotatable bonds is 7. The lowest BCUT2D eigenvalue weighted by Gasteiger charge is -2.25. The fourth-order valence-electron chi connectivity index (χ4n) is 7.58. The molecule has 0 aliphatic rings. The van der Waals surface area contributed by atoms with Crippen LogP contribution in [0.15, 0.2) is 121 Å². The van der Waals surface area contributed by atoms with Crippen LogP contribution < -0.4 is 0 Å². The average Bonchev–Trinajstić information content (AvgIpc) is 3.53. The van der Waals surface area contributed by atoms with E-state index in [0.29, 0.717) is 0 Å². The number of phenolic OH excluding ortho intramolecular Hbond substituents is 1. The van der Waals surface area contributed by atoms with Crippen molar-refractivity contribution in [2.45, 2.75) is 91.9 Å². The Morgan fingerprint density at radius 3 is 1.81 bits per heavy atom. The summed E-state index contributed by atoms with van der Waals surface area (Å²) in [5, 5.41) is 12.1. The Morgan fingerprint density at radius 1 is 0.574 bits per heavy atom. The smallest absolute Gasteiger partial charge is 0.149 e. The van der Waals surface area contributed by atoms with Gasteiger partial charge in [-0.05, 0) is 110 Å². The predicted molar refractivity (Wildman–Crippen MR) is 228 cm³/mol. The maximum Gasteiger partial charge on any atom is 0.149 e. The number of phenols is 1. The number of imidazole rings is 1. The molecule has 274 valence electrons. The Hall–Kier alpha value is -5.48. The number of aromatic hydroxyl groups is 1. The first-order chi connectivity index (χ1) is 25.6. The highest BCUT2D eigenvalue weighted by Gasteiger charge is 2.28. The molecule has 2 aromatic heterocycles. The van der Waals surface area contributed by atoms with Crippen molar-refractivity contribution in [2.24, 2.45) is 0 Å². The van der Waals surface area contributed by atoms with E-state index in [-0.39, 0.29) is 28.4 Å². The SMILES string of the molecule is CC(C)c1cc(-c2ccccc2)cc(C(C)C)c1-n1c(-c2cccc(C(C)(C)C)c2O)nc2c(-c3cc(-c4ccccn4)cc(C(C)(C)C)c3)cccc21. The van der Waals surface area contributed by atoms with Crippen molar-refractivity contribution in [3.05, 3.63) is 144 Å². The van der Waals surface area contributed by atoms with Crippen LogP contribution in [-0.2, 0) is 10.8 Å². The lowest BCUT2D eigenvalue weighted by molar-refractivity contribution is 0.448. The van der Waals surface area contributed by atoms with Crippen molar-refractivity contribution in [3.8, 4) is 56.3 Å². The number of aromatic nitrogens is 3. The highest BCUT2D eigenvalue weighted by molar-refractivity contribution is 5.97. The highest BCUT2D eigenvalue weighted by Crippen LogP contribution is 2.45. The van der Waals surface area contributed by atoms with Gasteiger partial charge in [-0.1, -0.05) is 136 Å². The molecule has 0 saturated carbocycles. The summed E-state index contributed by atoms with van der Waals surface area (Å²) in [6.07, 6.45) is 1.85. The van der Waals surface area contributed by atoms with Gasteiger partial charge in [0.2, 0.25) is 0 Å². The summed E-state index contributed by atoms with van der Waals surface area (Å²) < 4.78 is 2.34. The molecule has 4 heteroatoms. The molecule has 0 amide bonds. The summed E-state index contributed by atoms with van der Waals surface area (Å²) in [6.45, 7) is 22.3. The quantitative estimate of drug-likeness (QED) is 0.179. The topological polar surface area (TPSA) is 50.9 Å². The largest absolute Gasteiger partial charge is 0.507 e. The summed E-state index contributed by atoms with van der Waals surface area (Å²) in [6, 6.07) is 40.9. The first-order valence-corrected chi connectivity index (χ1v) is 19.3. The van der Waals surface area contributed by atoms with Crippen LogP contribution in [0.2, 0.25) is 0 Å². The minimum Gasteiger partial charge on any atom is -0.507 e. The monoisotopic (exact) mass is 711 g/mol. The van der Waals surface area contributed by atoms with E-state index >= 15 is 0 Å².